The minimum atomic E-state index is -3.02. The van der Waals surface area contributed by atoms with Crippen molar-refractivity contribution in [3.8, 4) is 22.3 Å². The summed E-state index contributed by atoms with van der Waals surface area (Å²) in [4.78, 5) is 0. The van der Waals surface area contributed by atoms with Gasteiger partial charge in [0, 0.05) is 33.9 Å². The predicted molar refractivity (Wildman–Crippen MR) is 175 cm³/mol. The first kappa shape index (κ1) is 24.0. The van der Waals surface area contributed by atoms with Gasteiger partial charge in [0.2, 0.25) is 0 Å². The second kappa shape index (κ2) is 9.08. The van der Waals surface area contributed by atoms with Crippen LogP contribution in [0.2, 0.25) is 0 Å². The van der Waals surface area contributed by atoms with Gasteiger partial charge in [-0.3, -0.25) is 0 Å². The maximum atomic E-state index is 2.73. The molecule has 0 fully saturated rings. The molecule has 8 rings (SSSR count). The Morgan fingerprint density at radius 3 is 1.12 bits per heavy atom. The molecule has 3 heteroatoms. The molecule has 2 aliphatic rings. The summed E-state index contributed by atoms with van der Waals surface area (Å²) >= 11 is 0. The standard InChI is InChI=1S/C38H30N2Si/c1-27-19-23-29(24-20-27)39-35-15-7-3-11-31(35)32-12-4-8-16-36(32)40(30-25-21-28(2)22-26-30)41(39)37-17-9-5-13-33(37)34-14-6-10-18-38(34)41/h3-26H,1-2H3. The molecule has 0 amide bonds. The fraction of sp³-hybridized carbons (Fsp3) is 0.0526. The molecule has 0 atom stereocenters. The minimum Gasteiger partial charge on any atom is -0.343 e. The topological polar surface area (TPSA) is 6.48 Å². The van der Waals surface area contributed by atoms with E-state index in [9.17, 15) is 0 Å². The molecule has 0 saturated carbocycles. The van der Waals surface area contributed by atoms with Crippen LogP contribution in [0.4, 0.5) is 22.7 Å². The second-order valence-electron chi connectivity index (χ2n) is 11.1. The highest BCUT2D eigenvalue weighted by Gasteiger charge is 2.59. The van der Waals surface area contributed by atoms with E-state index < -0.39 is 8.40 Å². The third kappa shape index (κ3) is 3.36. The van der Waals surface area contributed by atoms with Crippen LogP contribution < -0.4 is 19.5 Å². The quantitative estimate of drug-likeness (QED) is 0.202. The largest absolute Gasteiger partial charge is 0.343 e. The molecular weight excluding hydrogens is 513 g/mol. The molecular formula is C38H30N2Si. The van der Waals surface area contributed by atoms with Crippen LogP contribution in [0.3, 0.4) is 0 Å². The van der Waals surface area contributed by atoms with Crippen LogP contribution in [-0.2, 0) is 0 Å². The molecule has 0 unspecified atom stereocenters. The maximum Gasteiger partial charge on any atom is 0.341 e. The van der Waals surface area contributed by atoms with E-state index in [0.29, 0.717) is 0 Å². The average Bonchev–Trinajstić information content (AvgIpc) is 3.24. The molecule has 1 spiro atoms. The summed E-state index contributed by atoms with van der Waals surface area (Å²) in [5.74, 6) is 0. The van der Waals surface area contributed by atoms with E-state index in [2.05, 4.69) is 169 Å². The van der Waals surface area contributed by atoms with Crippen LogP contribution in [0.5, 0.6) is 0 Å². The van der Waals surface area contributed by atoms with Crippen molar-refractivity contribution < 1.29 is 0 Å². The summed E-state index contributed by atoms with van der Waals surface area (Å²) < 4.78 is 5.46. The van der Waals surface area contributed by atoms with Crippen LogP contribution in [0, 0.1) is 13.8 Å². The highest BCUT2D eigenvalue weighted by atomic mass is 28.3. The number of rotatable bonds is 2. The van der Waals surface area contributed by atoms with Crippen molar-refractivity contribution in [2.24, 2.45) is 0 Å². The molecule has 0 saturated heterocycles. The number of nitrogens with zero attached hydrogens (tertiary/aromatic N) is 2. The molecule has 0 N–H and O–H groups in total. The molecule has 196 valence electrons. The third-order valence-electron chi connectivity index (χ3n) is 8.71. The Morgan fingerprint density at radius 1 is 0.366 bits per heavy atom. The normalized spacial score (nSPS) is 14.2. The zero-order chi connectivity index (χ0) is 27.6. The Bertz CT molecular complexity index is 1780. The SMILES string of the molecule is Cc1ccc(N2c3ccccc3-c3ccccc3N(c3ccc(C)cc3)[Si]23c2ccccc2-c2ccccc23)cc1. The molecule has 2 nitrogen and oxygen atoms in total. The fourth-order valence-corrected chi connectivity index (χ4v) is 12.4. The second-order valence-corrected chi connectivity index (χ2v) is 14.5. The van der Waals surface area contributed by atoms with Crippen LogP contribution in [0.1, 0.15) is 11.1 Å². The van der Waals surface area contributed by atoms with Crippen LogP contribution in [-0.4, -0.2) is 8.40 Å². The summed E-state index contributed by atoms with van der Waals surface area (Å²) in [6, 6.07) is 54.5. The Hall–Kier alpha value is -4.86. The van der Waals surface area contributed by atoms with E-state index in [1.807, 2.05) is 0 Å². The Labute approximate surface area is 242 Å². The van der Waals surface area contributed by atoms with Crippen LogP contribution in [0.25, 0.3) is 22.3 Å². The van der Waals surface area contributed by atoms with Gasteiger partial charge in [0.15, 0.2) is 0 Å². The monoisotopic (exact) mass is 542 g/mol. The highest BCUT2D eigenvalue weighted by molar-refractivity contribution is 7.11. The minimum absolute atomic E-state index is 1.21. The fourth-order valence-electron chi connectivity index (χ4n) is 6.95. The van der Waals surface area contributed by atoms with Crippen molar-refractivity contribution in [1.29, 1.82) is 0 Å². The van der Waals surface area contributed by atoms with Gasteiger partial charge in [-0.1, -0.05) is 120 Å². The van der Waals surface area contributed by atoms with Crippen molar-refractivity contribution >= 4 is 41.5 Å². The molecule has 0 aromatic heterocycles. The number of para-hydroxylation sites is 2. The lowest BCUT2D eigenvalue weighted by molar-refractivity contribution is 1.27. The zero-order valence-corrected chi connectivity index (χ0v) is 24.3. The van der Waals surface area contributed by atoms with Gasteiger partial charge in [0.25, 0.3) is 0 Å². The summed E-state index contributed by atoms with van der Waals surface area (Å²) in [5.41, 5.74) is 12.6. The lowest BCUT2D eigenvalue weighted by Crippen LogP contribution is -2.76. The van der Waals surface area contributed by atoms with Crippen molar-refractivity contribution in [3.05, 3.63) is 157 Å². The van der Waals surface area contributed by atoms with Crippen molar-refractivity contribution in [1.82, 2.24) is 0 Å². The number of fused-ring (bicyclic) bond motifs is 8. The molecule has 0 radical (unpaired) electrons. The molecule has 0 aliphatic carbocycles. The van der Waals surface area contributed by atoms with E-state index in [1.165, 1.54) is 66.5 Å². The number of hydrogen-bond acceptors (Lipinski definition) is 2. The Morgan fingerprint density at radius 2 is 0.707 bits per heavy atom. The first-order valence-corrected chi connectivity index (χ1v) is 16.2. The first-order valence-electron chi connectivity index (χ1n) is 14.3. The maximum absolute atomic E-state index is 3.02. The van der Waals surface area contributed by atoms with Crippen molar-refractivity contribution in [2.75, 3.05) is 9.13 Å². The van der Waals surface area contributed by atoms with E-state index in [-0.39, 0.29) is 0 Å². The van der Waals surface area contributed by atoms with Gasteiger partial charge in [0.1, 0.15) is 0 Å². The summed E-state index contributed by atoms with van der Waals surface area (Å²) in [6.07, 6.45) is 0. The first-order chi connectivity index (χ1) is 20.2. The number of benzene rings is 6. The van der Waals surface area contributed by atoms with E-state index >= 15 is 0 Å². The predicted octanol–water partition coefficient (Wildman–Crippen LogP) is 8.50. The molecule has 0 bridgehead atoms. The van der Waals surface area contributed by atoms with E-state index in [1.54, 1.807) is 0 Å². The summed E-state index contributed by atoms with van der Waals surface area (Å²) in [7, 11) is -3.02. The third-order valence-corrected chi connectivity index (χ3v) is 13.4. The van der Waals surface area contributed by atoms with Gasteiger partial charge in [-0.15, -0.1) is 0 Å². The Balaban J connectivity index is 1.62. The number of anilines is 4. The van der Waals surface area contributed by atoms with Gasteiger partial charge in [-0.05, 0) is 71.7 Å². The van der Waals surface area contributed by atoms with Gasteiger partial charge < -0.3 is 9.13 Å². The smallest absolute Gasteiger partial charge is 0.341 e. The van der Waals surface area contributed by atoms with Gasteiger partial charge >= 0.3 is 8.40 Å². The average molecular weight is 543 g/mol. The van der Waals surface area contributed by atoms with Crippen LogP contribution >= 0.6 is 0 Å². The molecule has 2 aliphatic heterocycles. The Kier molecular flexibility index (Phi) is 5.31. The number of aryl methyl sites for hydroxylation is 2. The van der Waals surface area contributed by atoms with Crippen molar-refractivity contribution in [2.45, 2.75) is 13.8 Å². The lowest BCUT2D eigenvalue weighted by atomic mass is 10.0. The molecule has 2 heterocycles. The molecule has 41 heavy (non-hydrogen) atoms. The van der Waals surface area contributed by atoms with Gasteiger partial charge in [-0.2, -0.15) is 0 Å². The molecule has 6 aromatic carbocycles. The number of hydrogen-bond donors (Lipinski definition) is 0. The highest BCUT2D eigenvalue weighted by Crippen LogP contribution is 2.51. The lowest BCUT2D eigenvalue weighted by Gasteiger charge is -2.48. The zero-order valence-electron chi connectivity index (χ0n) is 23.3. The van der Waals surface area contributed by atoms with E-state index in [0.717, 1.165) is 0 Å². The van der Waals surface area contributed by atoms with Gasteiger partial charge in [0.05, 0.1) is 0 Å². The summed E-state index contributed by atoms with van der Waals surface area (Å²) in [6.45, 7) is 4.34. The van der Waals surface area contributed by atoms with Gasteiger partial charge in [-0.25, -0.2) is 0 Å². The van der Waals surface area contributed by atoms with Crippen LogP contribution in [0.15, 0.2) is 146 Å². The van der Waals surface area contributed by atoms with E-state index in [4.69, 9.17) is 0 Å². The van der Waals surface area contributed by atoms with Crippen molar-refractivity contribution in [3.63, 3.8) is 0 Å². The summed E-state index contributed by atoms with van der Waals surface area (Å²) in [5, 5.41) is 2.82. The molecule has 6 aromatic rings.